The molecule has 0 atom stereocenters. The minimum Gasteiger partial charge on any atom is -0.451 e. The summed E-state index contributed by atoms with van der Waals surface area (Å²) in [4.78, 5) is 22.5. The Morgan fingerprint density at radius 2 is 2.00 bits per heavy atom. The third-order valence-corrected chi connectivity index (χ3v) is 3.92. The Morgan fingerprint density at radius 3 is 2.74 bits per heavy atom. The number of nitrogens with zero attached hydrogens (tertiary/aromatic N) is 1. The first-order valence-electron chi connectivity index (χ1n) is 6.38. The molecule has 1 heterocycles. The molecule has 116 valence electrons. The second kappa shape index (κ2) is 6.02. The lowest BCUT2D eigenvalue weighted by Gasteiger charge is -2.03. The third-order valence-electron chi connectivity index (χ3n) is 3.10. The fourth-order valence-corrected chi connectivity index (χ4v) is 2.61. The van der Waals surface area contributed by atoms with Crippen molar-refractivity contribution in [1.29, 1.82) is 0 Å². The lowest BCUT2D eigenvalue weighted by molar-refractivity contribution is -0.384. The van der Waals surface area contributed by atoms with E-state index in [0.29, 0.717) is 5.58 Å². The highest BCUT2D eigenvalue weighted by atomic mass is 79.9. The van der Waals surface area contributed by atoms with Crippen LogP contribution in [0.15, 0.2) is 51.4 Å². The monoisotopic (exact) mass is 394 g/mol. The van der Waals surface area contributed by atoms with Crippen LogP contribution in [0.4, 0.5) is 11.4 Å². The average molecular weight is 396 g/mol. The first-order chi connectivity index (χ1) is 10.9. The summed E-state index contributed by atoms with van der Waals surface area (Å²) in [7, 11) is 0. The summed E-state index contributed by atoms with van der Waals surface area (Å²) < 4.78 is 6.33. The Morgan fingerprint density at radius 1 is 1.22 bits per heavy atom. The van der Waals surface area contributed by atoms with Gasteiger partial charge in [0.1, 0.15) is 10.6 Å². The Balaban J connectivity index is 1.88. The van der Waals surface area contributed by atoms with Gasteiger partial charge < -0.3 is 9.73 Å². The van der Waals surface area contributed by atoms with Gasteiger partial charge in [0, 0.05) is 21.6 Å². The maximum atomic E-state index is 12.2. The number of nitro benzene ring substituents is 1. The number of furan rings is 1. The first-order valence-corrected chi connectivity index (χ1v) is 7.55. The number of carbonyl (C=O) groups excluding carboxylic acids is 1. The van der Waals surface area contributed by atoms with Crippen molar-refractivity contribution in [3.8, 4) is 0 Å². The number of halogens is 2. The molecule has 0 saturated heterocycles. The van der Waals surface area contributed by atoms with E-state index in [1.807, 2.05) is 6.07 Å². The molecule has 0 radical (unpaired) electrons. The second-order valence-electron chi connectivity index (χ2n) is 4.67. The summed E-state index contributed by atoms with van der Waals surface area (Å²) in [6.45, 7) is 0. The van der Waals surface area contributed by atoms with Crippen molar-refractivity contribution in [3.63, 3.8) is 0 Å². The van der Waals surface area contributed by atoms with E-state index in [1.165, 1.54) is 18.2 Å². The standard InChI is InChI=1S/C15H8BrClN2O4/c16-9-1-4-13-8(5-9)6-14(23-13)15(20)18-10-2-3-11(17)12(7-10)19(21)22/h1-7H,(H,18,20). The van der Waals surface area contributed by atoms with Crippen molar-refractivity contribution in [2.45, 2.75) is 0 Å². The Kier molecular flexibility index (Phi) is 4.06. The summed E-state index contributed by atoms with van der Waals surface area (Å²) in [6.07, 6.45) is 0. The maximum absolute atomic E-state index is 12.2. The van der Waals surface area contributed by atoms with Crippen molar-refractivity contribution < 1.29 is 14.1 Å². The molecule has 3 aromatic rings. The highest BCUT2D eigenvalue weighted by Crippen LogP contribution is 2.28. The van der Waals surface area contributed by atoms with Crippen LogP contribution in [0.3, 0.4) is 0 Å². The molecule has 0 aliphatic rings. The number of hydrogen-bond acceptors (Lipinski definition) is 4. The maximum Gasteiger partial charge on any atom is 0.291 e. The van der Waals surface area contributed by atoms with Gasteiger partial charge in [-0.2, -0.15) is 0 Å². The molecular formula is C15H8BrClN2O4. The number of amides is 1. The minimum atomic E-state index is -0.614. The quantitative estimate of drug-likeness (QED) is 0.499. The smallest absolute Gasteiger partial charge is 0.291 e. The molecule has 1 amide bonds. The van der Waals surface area contributed by atoms with Crippen LogP contribution in [-0.2, 0) is 0 Å². The average Bonchev–Trinajstić information content (AvgIpc) is 2.92. The number of nitrogens with one attached hydrogen (secondary N) is 1. The number of anilines is 1. The summed E-state index contributed by atoms with van der Waals surface area (Å²) in [5, 5.41) is 14.2. The fourth-order valence-electron chi connectivity index (χ4n) is 2.05. The number of rotatable bonds is 3. The predicted octanol–water partition coefficient (Wildman–Crippen LogP) is 5.01. The van der Waals surface area contributed by atoms with Crippen molar-refractivity contribution >= 4 is 55.8 Å². The fraction of sp³-hybridized carbons (Fsp3) is 0. The molecular weight excluding hydrogens is 388 g/mol. The molecule has 0 aliphatic heterocycles. The summed E-state index contributed by atoms with van der Waals surface area (Å²) in [5.74, 6) is -0.398. The lowest BCUT2D eigenvalue weighted by atomic mass is 10.2. The van der Waals surface area contributed by atoms with Crippen LogP contribution < -0.4 is 5.32 Å². The molecule has 0 saturated carbocycles. The van der Waals surface area contributed by atoms with Crippen LogP contribution in [-0.4, -0.2) is 10.8 Å². The van der Waals surface area contributed by atoms with E-state index in [4.69, 9.17) is 16.0 Å². The Hall–Kier alpha value is -2.38. The van der Waals surface area contributed by atoms with Crippen molar-refractivity contribution in [3.05, 3.63) is 67.8 Å². The normalized spacial score (nSPS) is 10.7. The zero-order valence-electron chi connectivity index (χ0n) is 11.4. The highest BCUT2D eigenvalue weighted by molar-refractivity contribution is 9.10. The van der Waals surface area contributed by atoms with Crippen LogP contribution in [0.2, 0.25) is 5.02 Å². The molecule has 0 bridgehead atoms. The first kappa shape index (κ1) is 15.5. The summed E-state index contributed by atoms with van der Waals surface area (Å²) in [6, 6.07) is 11.0. The SMILES string of the molecule is O=C(Nc1ccc(Cl)c([N+](=O)[O-])c1)c1cc2cc(Br)ccc2o1. The lowest BCUT2D eigenvalue weighted by Crippen LogP contribution is -2.10. The van der Waals surface area contributed by atoms with Crippen LogP contribution in [0.25, 0.3) is 11.0 Å². The van der Waals surface area contributed by atoms with E-state index < -0.39 is 10.8 Å². The number of carbonyl (C=O) groups is 1. The molecule has 6 nitrogen and oxygen atoms in total. The van der Waals surface area contributed by atoms with Crippen LogP contribution in [0, 0.1) is 10.1 Å². The van der Waals surface area contributed by atoms with Gasteiger partial charge in [-0.25, -0.2) is 0 Å². The number of nitro groups is 1. The molecule has 2 aromatic carbocycles. The van der Waals surface area contributed by atoms with Crippen LogP contribution in [0.5, 0.6) is 0 Å². The summed E-state index contributed by atoms with van der Waals surface area (Å²) >= 11 is 9.08. The van der Waals surface area contributed by atoms with Gasteiger partial charge in [0.2, 0.25) is 0 Å². The molecule has 0 spiro atoms. The Labute approximate surface area is 143 Å². The van der Waals surface area contributed by atoms with Gasteiger partial charge in [-0.3, -0.25) is 14.9 Å². The zero-order chi connectivity index (χ0) is 16.6. The predicted molar refractivity (Wildman–Crippen MR) is 90.0 cm³/mol. The van der Waals surface area contributed by atoms with Crippen LogP contribution in [0.1, 0.15) is 10.6 Å². The zero-order valence-corrected chi connectivity index (χ0v) is 13.7. The van der Waals surface area contributed by atoms with Gasteiger partial charge in [0.25, 0.3) is 11.6 Å². The van der Waals surface area contributed by atoms with Crippen LogP contribution >= 0.6 is 27.5 Å². The minimum absolute atomic E-state index is 0.00147. The molecule has 0 unspecified atom stereocenters. The van der Waals surface area contributed by atoms with E-state index in [1.54, 1.807) is 18.2 Å². The van der Waals surface area contributed by atoms with Gasteiger partial charge in [-0.05, 0) is 36.4 Å². The van der Waals surface area contributed by atoms with Crippen molar-refractivity contribution in [2.75, 3.05) is 5.32 Å². The molecule has 0 fully saturated rings. The Bertz CT molecular complexity index is 938. The van der Waals surface area contributed by atoms with E-state index in [0.717, 1.165) is 9.86 Å². The van der Waals surface area contributed by atoms with E-state index in [-0.39, 0.29) is 22.2 Å². The van der Waals surface area contributed by atoms with Gasteiger partial charge in [-0.1, -0.05) is 27.5 Å². The topological polar surface area (TPSA) is 85.4 Å². The number of benzene rings is 2. The molecule has 1 N–H and O–H groups in total. The van der Waals surface area contributed by atoms with Crippen molar-refractivity contribution in [2.24, 2.45) is 0 Å². The van der Waals surface area contributed by atoms with Gasteiger partial charge in [0.05, 0.1) is 4.92 Å². The molecule has 0 aliphatic carbocycles. The second-order valence-corrected chi connectivity index (χ2v) is 5.99. The van der Waals surface area contributed by atoms with E-state index in [2.05, 4.69) is 21.2 Å². The van der Waals surface area contributed by atoms with E-state index in [9.17, 15) is 14.9 Å². The molecule has 23 heavy (non-hydrogen) atoms. The third kappa shape index (κ3) is 3.20. The van der Waals surface area contributed by atoms with Crippen molar-refractivity contribution in [1.82, 2.24) is 0 Å². The largest absolute Gasteiger partial charge is 0.451 e. The molecule has 3 rings (SSSR count). The summed E-state index contributed by atoms with van der Waals surface area (Å²) in [5.41, 5.74) is 0.547. The highest BCUT2D eigenvalue weighted by Gasteiger charge is 2.16. The number of hydrogen-bond donors (Lipinski definition) is 1. The van der Waals surface area contributed by atoms with E-state index >= 15 is 0 Å². The number of fused-ring (bicyclic) bond motifs is 1. The van der Waals surface area contributed by atoms with Gasteiger partial charge in [0.15, 0.2) is 5.76 Å². The molecule has 1 aromatic heterocycles. The van der Waals surface area contributed by atoms with Gasteiger partial charge >= 0.3 is 0 Å². The van der Waals surface area contributed by atoms with Gasteiger partial charge in [-0.15, -0.1) is 0 Å². The molecule has 8 heteroatoms.